The van der Waals surface area contributed by atoms with Gasteiger partial charge in [-0.3, -0.25) is 0 Å². The lowest BCUT2D eigenvalue weighted by molar-refractivity contribution is 0.261. The number of carbonyl (C=O) groups is 2. The molecule has 4 amide bonds. The molecule has 0 spiro atoms. The molecule has 0 saturated heterocycles. The molecule has 14 nitrogen and oxygen atoms in total. The number of anilines is 4. The summed E-state index contributed by atoms with van der Waals surface area (Å²) in [6.07, 6.45) is 0. The second-order valence-corrected chi connectivity index (χ2v) is 12.9. The summed E-state index contributed by atoms with van der Waals surface area (Å²) >= 11 is 0. The number of aromatic hydroxyl groups is 2. The third kappa shape index (κ3) is 8.93. The van der Waals surface area contributed by atoms with E-state index in [4.69, 9.17) is 8.37 Å². The molecule has 0 aliphatic rings. The number of amides is 4. The maximum Gasteiger partial charge on any atom is 0.339 e. The Morgan fingerprint density at radius 1 is 0.458 bits per heavy atom. The normalized spacial score (nSPS) is 11.2. The molecule has 0 saturated carbocycles. The molecule has 0 heterocycles. The maximum atomic E-state index is 13.0. The largest absolute Gasteiger partial charge is 0.508 e. The summed E-state index contributed by atoms with van der Waals surface area (Å²) in [7, 11) is -8.98. The summed E-state index contributed by atoms with van der Waals surface area (Å²) in [4.78, 5) is 23.5. The number of phenols is 2. The molecule has 0 aromatic heterocycles. The molecular formula is C32H26N4O10S2. The van der Waals surface area contributed by atoms with Crippen molar-refractivity contribution in [3.63, 3.8) is 0 Å². The van der Waals surface area contributed by atoms with Crippen LogP contribution in [0.4, 0.5) is 32.3 Å². The third-order valence-corrected chi connectivity index (χ3v) is 8.76. The quantitative estimate of drug-likeness (QED) is 0.0752. The first kappa shape index (κ1) is 33.1. The van der Waals surface area contributed by atoms with Gasteiger partial charge >= 0.3 is 32.3 Å². The van der Waals surface area contributed by atoms with Gasteiger partial charge in [-0.2, -0.15) is 16.8 Å². The zero-order valence-electron chi connectivity index (χ0n) is 24.5. The van der Waals surface area contributed by atoms with E-state index in [1.54, 1.807) is 0 Å². The standard InChI is InChI=1S/C32H26N4O10S2/c37-25-12-4-21(5-13-25)33-31(39)35-23-8-16-27(17-9-23)45-47(41,42)29-2-1-3-30(20-29)48(43,44)46-28-18-10-24(11-19-28)36-32(40)34-22-6-14-26(38)15-7-22/h1-20,37-38H,(H2,33,35,39)(H2,34,36,40). The van der Waals surface area contributed by atoms with Gasteiger partial charge in [0, 0.05) is 22.7 Å². The molecule has 48 heavy (non-hydrogen) atoms. The lowest BCUT2D eigenvalue weighted by Gasteiger charge is -2.11. The Balaban J connectivity index is 1.18. The number of rotatable bonds is 10. The first-order valence-electron chi connectivity index (χ1n) is 13.8. The van der Waals surface area contributed by atoms with Gasteiger partial charge in [0.05, 0.1) is 0 Å². The zero-order valence-corrected chi connectivity index (χ0v) is 26.2. The number of hydrogen-bond acceptors (Lipinski definition) is 10. The number of benzene rings is 5. The van der Waals surface area contributed by atoms with Crippen LogP contribution >= 0.6 is 0 Å². The Morgan fingerprint density at radius 3 is 1.06 bits per heavy atom. The van der Waals surface area contributed by atoms with E-state index in [0.717, 1.165) is 18.2 Å². The predicted molar refractivity (Wildman–Crippen MR) is 176 cm³/mol. The van der Waals surface area contributed by atoms with Crippen molar-refractivity contribution in [3.8, 4) is 23.0 Å². The van der Waals surface area contributed by atoms with Crippen molar-refractivity contribution in [2.24, 2.45) is 0 Å². The molecule has 0 aliphatic carbocycles. The Kier molecular flexibility index (Phi) is 9.67. The van der Waals surface area contributed by atoms with Crippen molar-refractivity contribution in [2.45, 2.75) is 9.79 Å². The van der Waals surface area contributed by atoms with Crippen LogP contribution in [0, 0.1) is 0 Å². The highest BCUT2D eigenvalue weighted by Crippen LogP contribution is 2.26. The molecule has 0 bridgehead atoms. The van der Waals surface area contributed by atoms with E-state index in [9.17, 15) is 36.6 Å². The molecule has 5 rings (SSSR count). The van der Waals surface area contributed by atoms with Crippen LogP contribution in [0.1, 0.15) is 0 Å². The Labute approximate surface area is 274 Å². The summed E-state index contributed by atoms with van der Waals surface area (Å²) in [5.74, 6) is -0.118. The summed E-state index contributed by atoms with van der Waals surface area (Å²) < 4.78 is 62.2. The summed E-state index contributed by atoms with van der Waals surface area (Å²) in [5, 5.41) is 29.0. The smallest absolute Gasteiger partial charge is 0.339 e. The van der Waals surface area contributed by atoms with Gasteiger partial charge in [0.2, 0.25) is 0 Å². The molecule has 5 aromatic rings. The van der Waals surface area contributed by atoms with Crippen LogP contribution in [0.3, 0.4) is 0 Å². The molecular weight excluding hydrogens is 665 g/mol. The van der Waals surface area contributed by atoms with Gasteiger partial charge < -0.3 is 39.8 Å². The van der Waals surface area contributed by atoms with Crippen LogP contribution in [0.25, 0.3) is 0 Å². The van der Waals surface area contributed by atoms with Crippen LogP contribution in [-0.4, -0.2) is 39.1 Å². The van der Waals surface area contributed by atoms with Crippen molar-refractivity contribution in [1.29, 1.82) is 0 Å². The lowest BCUT2D eigenvalue weighted by atomic mass is 10.3. The van der Waals surface area contributed by atoms with Crippen molar-refractivity contribution in [2.75, 3.05) is 21.3 Å². The van der Waals surface area contributed by atoms with Crippen molar-refractivity contribution in [3.05, 3.63) is 121 Å². The van der Waals surface area contributed by atoms with E-state index in [1.165, 1.54) is 103 Å². The molecule has 0 atom stereocenters. The summed E-state index contributed by atoms with van der Waals surface area (Å²) in [5.41, 5.74) is 1.52. The van der Waals surface area contributed by atoms with Gasteiger partial charge in [-0.25, -0.2) is 9.59 Å². The second kappa shape index (κ2) is 14.0. The maximum absolute atomic E-state index is 13.0. The predicted octanol–water partition coefficient (Wildman–Crippen LogP) is 5.92. The number of urea groups is 2. The van der Waals surface area contributed by atoms with Crippen LogP contribution in [0.5, 0.6) is 23.0 Å². The lowest BCUT2D eigenvalue weighted by Crippen LogP contribution is -2.19. The van der Waals surface area contributed by atoms with Crippen LogP contribution in [-0.2, 0) is 20.2 Å². The number of phenolic OH excluding ortho intramolecular Hbond substituents is 2. The zero-order chi connectivity index (χ0) is 34.3. The van der Waals surface area contributed by atoms with Crippen molar-refractivity contribution in [1.82, 2.24) is 0 Å². The molecule has 0 aliphatic heterocycles. The van der Waals surface area contributed by atoms with Crippen LogP contribution < -0.4 is 29.6 Å². The van der Waals surface area contributed by atoms with Crippen molar-refractivity contribution < 1.29 is 45.0 Å². The fraction of sp³-hybridized carbons (Fsp3) is 0. The molecule has 246 valence electrons. The SMILES string of the molecule is O=C(Nc1ccc(O)cc1)Nc1ccc(OS(=O)(=O)c2cccc(S(=O)(=O)Oc3ccc(NC(=O)Nc4ccc(O)cc4)cc3)c2)cc1. The monoisotopic (exact) mass is 690 g/mol. The number of nitrogens with one attached hydrogen (secondary N) is 4. The van der Waals surface area contributed by atoms with Gasteiger partial charge in [-0.15, -0.1) is 0 Å². The van der Waals surface area contributed by atoms with Gasteiger partial charge in [0.25, 0.3) is 0 Å². The third-order valence-electron chi connectivity index (χ3n) is 6.27. The van der Waals surface area contributed by atoms with Crippen LogP contribution in [0.2, 0.25) is 0 Å². The Hall–Kier alpha value is -6.26. The topological polar surface area (TPSA) is 209 Å². The number of hydrogen-bond donors (Lipinski definition) is 6. The molecule has 6 N–H and O–H groups in total. The van der Waals surface area contributed by atoms with Gasteiger partial charge in [-0.05, 0) is 115 Å². The second-order valence-electron chi connectivity index (χ2n) is 9.85. The van der Waals surface area contributed by atoms with E-state index < -0.39 is 42.1 Å². The first-order valence-corrected chi connectivity index (χ1v) is 16.6. The first-order chi connectivity index (χ1) is 22.8. The van der Waals surface area contributed by atoms with E-state index >= 15 is 0 Å². The Morgan fingerprint density at radius 2 is 0.750 bits per heavy atom. The summed E-state index contributed by atoms with van der Waals surface area (Å²) in [6.45, 7) is 0. The van der Waals surface area contributed by atoms with E-state index in [2.05, 4.69) is 21.3 Å². The average molecular weight is 691 g/mol. The minimum atomic E-state index is -4.49. The van der Waals surface area contributed by atoms with E-state index in [0.29, 0.717) is 22.7 Å². The van der Waals surface area contributed by atoms with Gasteiger partial charge in [0.1, 0.15) is 32.8 Å². The fourth-order valence-corrected chi connectivity index (χ4v) is 6.03. The van der Waals surface area contributed by atoms with Crippen molar-refractivity contribution >= 4 is 55.0 Å². The molecule has 0 radical (unpaired) electrons. The summed E-state index contributed by atoms with van der Waals surface area (Å²) in [6, 6.07) is 25.7. The Bertz CT molecular complexity index is 1990. The average Bonchev–Trinajstić information content (AvgIpc) is 3.05. The molecule has 16 heteroatoms. The highest BCUT2D eigenvalue weighted by molar-refractivity contribution is 7.88. The number of carbonyl (C=O) groups excluding carboxylic acids is 2. The molecule has 0 fully saturated rings. The molecule has 0 unspecified atom stereocenters. The highest BCUT2D eigenvalue weighted by atomic mass is 32.2. The molecule has 5 aromatic carbocycles. The van der Waals surface area contributed by atoms with Gasteiger partial charge in [-0.1, -0.05) is 6.07 Å². The van der Waals surface area contributed by atoms with Crippen LogP contribution in [0.15, 0.2) is 131 Å². The fourth-order valence-electron chi connectivity index (χ4n) is 4.00. The minimum absolute atomic E-state index is 0.0432. The highest BCUT2D eigenvalue weighted by Gasteiger charge is 2.23. The van der Waals surface area contributed by atoms with E-state index in [-0.39, 0.29) is 23.0 Å². The minimum Gasteiger partial charge on any atom is -0.508 e. The van der Waals surface area contributed by atoms with E-state index in [1.807, 2.05) is 0 Å². The van der Waals surface area contributed by atoms with Gasteiger partial charge in [0.15, 0.2) is 0 Å².